The van der Waals surface area contributed by atoms with Gasteiger partial charge in [0.1, 0.15) is 0 Å². The summed E-state index contributed by atoms with van der Waals surface area (Å²) in [6.45, 7) is 5.91. The Kier molecular flexibility index (Phi) is 6.77. The van der Waals surface area contributed by atoms with Gasteiger partial charge in [-0.15, -0.1) is 0 Å². The molecular formula is C12H23NO3. The Balaban J connectivity index is 4.18. The van der Waals surface area contributed by atoms with Crippen molar-refractivity contribution in [1.29, 1.82) is 0 Å². The molecule has 1 unspecified atom stereocenters. The number of rotatable bonds is 7. The molecule has 1 N–H and O–H groups in total. The third-order valence-corrected chi connectivity index (χ3v) is 2.93. The predicted molar refractivity (Wildman–Crippen MR) is 63.2 cm³/mol. The van der Waals surface area contributed by atoms with Crippen LogP contribution in [0, 0.1) is 5.92 Å². The Bertz CT molecular complexity index is 236. The van der Waals surface area contributed by atoms with Crippen molar-refractivity contribution in [2.45, 2.75) is 52.5 Å². The summed E-state index contributed by atoms with van der Waals surface area (Å²) in [4.78, 5) is 24.1. The van der Waals surface area contributed by atoms with E-state index in [2.05, 4.69) is 13.8 Å². The van der Waals surface area contributed by atoms with Crippen molar-refractivity contribution in [3.63, 3.8) is 0 Å². The van der Waals surface area contributed by atoms with Crippen LogP contribution in [0.25, 0.3) is 0 Å². The SMILES string of the molecule is CCC(CC)N(C)C(=O)CC(C)CC(=O)O. The lowest BCUT2D eigenvalue weighted by molar-refractivity contribution is -0.138. The molecule has 0 saturated carbocycles. The van der Waals surface area contributed by atoms with E-state index in [9.17, 15) is 9.59 Å². The van der Waals surface area contributed by atoms with Gasteiger partial charge in [0, 0.05) is 25.9 Å². The van der Waals surface area contributed by atoms with E-state index in [0.717, 1.165) is 12.8 Å². The van der Waals surface area contributed by atoms with Crippen molar-refractivity contribution in [2.24, 2.45) is 5.92 Å². The largest absolute Gasteiger partial charge is 0.481 e. The lowest BCUT2D eigenvalue weighted by atomic mass is 10.0. The summed E-state index contributed by atoms with van der Waals surface area (Å²) in [6, 6.07) is 0.268. The van der Waals surface area contributed by atoms with Crippen LogP contribution in [0.2, 0.25) is 0 Å². The molecule has 0 saturated heterocycles. The van der Waals surface area contributed by atoms with E-state index >= 15 is 0 Å². The third kappa shape index (κ3) is 5.14. The number of carbonyl (C=O) groups is 2. The number of carboxylic acid groups (broad SMARTS) is 1. The second-order valence-electron chi connectivity index (χ2n) is 4.38. The monoisotopic (exact) mass is 229 g/mol. The summed E-state index contributed by atoms with van der Waals surface area (Å²) >= 11 is 0. The first-order valence-electron chi connectivity index (χ1n) is 5.89. The molecule has 0 fully saturated rings. The predicted octanol–water partition coefficient (Wildman–Crippen LogP) is 2.13. The van der Waals surface area contributed by atoms with Crippen molar-refractivity contribution < 1.29 is 14.7 Å². The van der Waals surface area contributed by atoms with Crippen molar-refractivity contribution in [3.05, 3.63) is 0 Å². The maximum absolute atomic E-state index is 11.8. The lowest BCUT2D eigenvalue weighted by Gasteiger charge is -2.27. The van der Waals surface area contributed by atoms with Gasteiger partial charge in [0.05, 0.1) is 0 Å². The van der Waals surface area contributed by atoms with E-state index in [1.165, 1.54) is 0 Å². The number of hydrogen-bond acceptors (Lipinski definition) is 2. The highest BCUT2D eigenvalue weighted by Crippen LogP contribution is 2.13. The summed E-state index contributed by atoms with van der Waals surface area (Å²) in [5.41, 5.74) is 0. The minimum absolute atomic E-state index is 0.0439. The minimum atomic E-state index is -0.842. The van der Waals surface area contributed by atoms with Crippen LogP contribution in [0.3, 0.4) is 0 Å². The molecule has 0 rings (SSSR count). The van der Waals surface area contributed by atoms with Gasteiger partial charge in [-0.05, 0) is 18.8 Å². The summed E-state index contributed by atoms with van der Waals surface area (Å²) in [5.74, 6) is -0.894. The normalized spacial score (nSPS) is 12.6. The first kappa shape index (κ1) is 14.9. The smallest absolute Gasteiger partial charge is 0.303 e. The Labute approximate surface area is 97.6 Å². The highest BCUT2D eigenvalue weighted by molar-refractivity contribution is 5.77. The Morgan fingerprint density at radius 1 is 1.19 bits per heavy atom. The van der Waals surface area contributed by atoms with Gasteiger partial charge in [-0.1, -0.05) is 20.8 Å². The average Bonchev–Trinajstić information content (AvgIpc) is 2.17. The fourth-order valence-corrected chi connectivity index (χ4v) is 1.85. The van der Waals surface area contributed by atoms with Crippen LogP contribution < -0.4 is 0 Å². The van der Waals surface area contributed by atoms with Crippen LogP contribution in [0.5, 0.6) is 0 Å². The molecular weight excluding hydrogens is 206 g/mol. The van der Waals surface area contributed by atoms with E-state index in [1.807, 2.05) is 0 Å². The molecule has 0 aromatic rings. The quantitative estimate of drug-likeness (QED) is 0.727. The summed E-state index contributed by atoms with van der Waals surface area (Å²) in [5, 5.41) is 8.61. The number of hydrogen-bond donors (Lipinski definition) is 1. The number of aliphatic carboxylic acids is 1. The molecule has 0 aliphatic rings. The van der Waals surface area contributed by atoms with E-state index in [-0.39, 0.29) is 24.3 Å². The van der Waals surface area contributed by atoms with Gasteiger partial charge < -0.3 is 10.0 Å². The van der Waals surface area contributed by atoms with E-state index < -0.39 is 5.97 Å². The molecule has 4 heteroatoms. The number of carboxylic acids is 1. The van der Waals surface area contributed by atoms with Crippen LogP contribution in [0.1, 0.15) is 46.5 Å². The zero-order chi connectivity index (χ0) is 12.7. The second kappa shape index (κ2) is 7.25. The number of amides is 1. The van der Waals surface area contributed by atoms with Crippen molar-refractivity contribution >= 4 is 11.9 Å². The fourth-order valence-electron chi connectivity index (χ4n) is 1.85. The van der Waals surface area contributed by atoms with Crippen LogP contribution in [-0.4, -0.2) is 35.0 Å². The second-order valence-corrected chi connectivity index (χ2v) is 4.38. The van der Waals surface area contributed by atoms with Gasteiger partial charge in [0.2, 0.25) is 5.91 Å². The average molecular weight is 229 g/mol. The summed E-state index contributed by atoms with van der Waals surface area (Å²) < 4.78 is 0. The molecule has 1 amide bonds. The zero-order valence-corrected chi connectivity index (χ0v) is 10.7. The molecule has 0 bridgehead atoms. The number of nitrogens with zero attached hydrogens (tertiary/aromatic N) is 1. The molecule has 0 spiro atoms. The minimum Gasteiger partial charge on any atom is -0.481 e. The van der Waals surface area contributed by atoms with E-state index in [4.69, 9.17) is 5.11 Å². The first-order valence-corrected chi connectivity index (χ1v) is 5.89. The maximum atomic E-state index is 11.8. The Morgan fingerprint density at radius 3 is 2.06 bits per heavy atom. The molecule has 0 radical (unpaired) electrons. The molecule has 94 valence electrons. The fraction of sp³-hybridized carbons (Fsp3) is 0.833. The van der Waals surface area contributed by atoms with Crippen molar-refractivity contribution in [1.82, 2.24) is 4.90 Å². The van der Waals surface area contributed by atoms with Crippen LogP contribution in [0.15, 0.2) is 0 Å². The molecule has 0 aromatic carbocycles. The molecule has 0 heterocycles. The van der Waals surface area contributed by atoms with E-state index in [1.54, 1.807) is 18.9 Å². The lowest BCUT2D eigenvalue weighted by Crippen LogP contribution is -2.37. The van der Waals surface area contributed by atoms with E-state index in [0.29, 0.717) is 6.42 Å². The molecule has 0 aliphatic carbocycles. The van der Waals surface area contributed by atoms with Crippen molar-refractivity contribution in [3.8, 4) is 0 Å². The first-order chi connectivity index (χ1) is 7.42. The van der Waals surface area contributed by atoms with Crippen molar-refractivity contribution in [2.75, 3.05) is 7.05 Å². The standard InChI is InChI=1S/C12H23NO3/c1-5-10(6-2)13(4)11(14)7-9(3)8-12(15)16/h9-10H,5-8H2,1-4H3,(H,15,16). The Hall–Kier alpha value is -1.06. The third-order valence-electron chi connectivity index (χ3n) is 2.93. The van der Waals surface area contributed by atoms with Crippen LogP contribution in [0.4, 0.5) is 0 Å². The molecule has 4 nitrogen and oxygen atoms in total. The number of carbonyl (C=O) groups excluding carboxylic acids is 1. The Morgan fingerprint density at radius 2 is 1.69 bits per heavy atom. The van der Waals surface area contributed by atoms with Crippen LogP contribution >= 0.6 is 0 Å². The molecule has 0 aromatic heterocycles. The molecule has 1 atom stereocenters. The van der Waals surface area contributed by atoms with Gasteiger partial charge in [0.15, 0.2) is 0 Å². The topological polar surface area (TPSA) is 57.6 Å². The molecule has 0 aliphatic heterocycles. The summed E-state index contributed by atoms with van der Waals surface area (Å²) in [7, 11) is 1.80. The summed E-state index contributed by atoms with van der Waals surface area (Å²) in [6.07, 6.45) is 2.25. The molecule has 16 heavy (non-hydrogen) atoms. The van der Waals surface area contributed by atoms with Gasteiger partial charge in [0.25, 0.3) is 0 Å². The maximum Gasteiger partial charge on any atom is 0.303 e. The zero-order valence-electron chi connectivity index (χ0n) is 10.7. The van der Waals surface area contributed by atoms with Gasteiger partial charge in [-0.2, -0.15) is 0 Å². The van der Waals surface area contributed by atoms with Gasteiger partial charge in [-0.25, -0.2) is 0 Å². The highest BCUT2D eigenvalue weighted by atomic mass is 16.4. The van der Waals surface area contributed by atoms with Gasteiger partial charge >= 0.3 is 5.97 Å². The highest BCUT2D eigenvalue weighted by Gasteiger charge is 2.19. The van der Waals surface area contributed by atoms with Crippen LogP contribution in [-0.2, 0) is 9.59 Å². The van der Waals surface area contributed by atoms with Gasteiger partial charge in [-0.3, -0.25) is 9.59 Å².